The Morgan fingerprint density at radius 2 is 2.00 bits per heavy atom. The Labute approximate surface area is 197 Å². The maximum Gasteiger partial charge on any atom is 0.416 e. The van der Waals surface area contributed by atoms with E-state index in [9.17, 15) is 27.9 Å². The molecule has 3 atom stereocenters. The predicted octanol–water partition coefficient (Wildman–Crippen LogP) is 5.44. The quantitative estimate of drug-likeness (QED) is 0.245. The monoisotopic (exact) mass is 480 g/mol. The number of halogens is 3. The highest BCUT2D eigenvalue weighted by Gasteiger charge is 2.30. The van der Waals surface area contributed by atoms with Crippen LogP contribution in [0.25, 0.3) is 0 Å². The van der Waals surface area contributed by atoms with Crippen LogP contribution in [-0.4, -0.2) is 35.7 Å². The Balaban J connectivity index is 1.78. The molecule has 0 saturated heterocycles. The molecule has 0 aromatic heterocycles. The van der Waals surface area contributed by atoms with Gasteiger partial charge in [-0.1, -0.05) is 36.4 Å². The van der Waals surface area contributed by atoms with Gasteiger partial charge in [-0.15, -0.1) is 0 Å². The van der Waals surface area contributed by atoms with Crippen LogP contribution < -0.4 is 4.74 Å². The maximum atomic E-state index is 12.8. The van der Waals surface area contributed by atoms with Gasteiger partial charge in [0.15, 0.2) is 5.78 Å². The van der Waals surface area contributed by atoms with Crippen LogP contribution in [0.5, 0.6) is 5.75 Å². The molecule has 0 heterocycles. The van der Waals surface area contributed by atoms with Crippen molar-refractivity contribution in [3.8, 4) is 5.75 Å². The van der Waals surface area contributed by atoms with E-state index in [2.05, 4.69) is 0 Å². The zero-order valence-corrected chi connectivity index (χ0v) is 19.3. The lowest BCUT2D eigenvalue weighted by Crippen LogP contribution is -2.18. The molecule has 1 aliphatic rings. The molecular weight excluding hydrogens is 449 g/mol. The second-order valence-electron chi connectivity index (χ2n) is 8.38. The highest BCUT2D eigenvalue weighted by atomic mass is 19.4. The average molecular weight is 481 g/mol. The number of carbonyl (C=O) groups excluding carboxylic acids is 2. The van der Waals surface area contributed by atoms with E-state index >= 15 is 0 Å². The van der Waals surface area contributed by atoms with Gasteiger partial charge in [0.05, 0.1) is 11.7 Å². The molecule has 0 radical (unpaired) electrons. The number of hydrogen-bond donors (Lipinski definition) is 1. The fourth-order valence-corrected chi connectivity index (χ4v) is 3.43. The fraction of sp³-hybridized carbons (Fsp3) is 0.462. The van der Waals surface area contributed by atoms with E-state index in [0.717, 1.165) is 18.6 Å². The molecule has 2 rings (SSSR count). The van der Waals surface area contributed by atoms with Crippen molar-refractivity contribution in [2.24, 2.45) is 11.8 Å². The van der Waals surface area contributed by atoms with Crippen LogP contribution in [0.1, 0.15) is 45.1 Å². The smallest absolute Gasteiger partial charge is 0.416 e. The lowest BCUT2D eigenvalue weighted by atomic mass is 9.91. The minimum absolute atomic E-state index is 0.00127. The predicted molar refractivity (Wildman–Crippen MR) is 122 cm³/mol. The molecule has 8 heteroatoms. The number of ketones is 1. The summed E-state index contributed by atoms with van der Waals surface area (Å²) in [5.41, 5.74) is -0.830. The first-order valence-corrected chi connectivity index (χ1v) is 11.3. The molecule has 0 saturated carbocycles. The zero-order chi connectivity index (χ0) is 25.1. The zero-order valence-electron chi connectivity index (χ0n) is 19.3. The van der Waals surface area contributed by atoms with Crippen LogP contribution >= 0.6 is 0 Å². The lowest BCUT2D eigenvalue weighted by Gasteiger charge is -2.14. The molecule has 0 spiro atoms. The van der Waals surface area contributed by atoms with Crippen molar-refractivity contribution in [2.45, 2.75) is 57.9 Å². The molecule has 1 aromatic carbocycles. The minimum atomic E-state index is -4.48. The maximum absolute atomic E-state index is 12.8. The summed E-state index contributed by atoms with van der Waals surface area (Å²) >= 11 is 0. The third-order valence-corrected chi connectivity index (χ3v) is 5.11. The van der Waals surface area contributed by atoms with Gasteiger partial charge >= 0.3 is 12.1 Å². The first-order chi connectivity index (χ1) is 16.1. The second-order valence-corrected chi connectivity index (χ2v) is 8.38. The topological polar surface area (TPSA) is 72.8 Å². The molecule has 0 aliphatic heterocycles. The largest absolute Gasteiger partial charge is 0.491 e. The van der Waals surface area contributed by atoms with Crippen molar-refractivity contribution in [3.05, 3.63) is 66.3 Å². The summed E-state index contributed by atoms with van der Waals surface area (Å²) in [5.74, 6) is -0.761. The molecule has 1 aromatic rings. The third-order valence-electron chi connectivity index (χ3n) is 5.11. The highest BCUT2D eigenvalue weighted by molar-refractivity contribution is 5.95. The first-order valence-electron chi connectivity index (χ1n) is 11.3. The van der Waals surface area contributed by atoms with Gasteiger partial charge in [0.2, 0.25) is 0 Å². The number of unbranched alkanes of at least 4 members (excludes halogenated alkanes) is 1. The average Bonchev–Trinajstić information content (AvgIpc) is 3.11. The number of esters is 1. The molecule has 0 fully saturated rings. The SMILES string of the molecule is CC(C)OC(=O)CCC/C=C\C[C@H]1C=CC(=O)[C@@H]1/C=C/[C@@H](O)COc1cccc(C(F)(F)F)c1. The van der Waals surface area contributed by atoms with Gasteiger partial charge < -0.3 is 14.6 Å². The van der Waals surface area contributed by atoms with Crippen molar-refractivity contribution in [1.29, 1.82) is 0 Å². The van der Waals surface area contributed by atoms with Crippen LogP contribution in [0.3, 0.4) is 0 Å². The Bertz CT molecular complexity index is 902. The summed E-state index contributed by atoms with van der Waals surface area (Å²) in [7, 11) is 0. The van der Waals surface area contributed by atoms with Gasteiger partial charge in [0.1, 0.15) is 18.5 Å². The summed E-state index contributed by atoms with van der Waals surface area (Å²) in [6.07, 6.45) is 7.05. The highest BCUT2D eigenvalue weighted by Crippen LogP contribution is 2.31. The Hall–Kier alpha value is -2.87. The van der Waals surface area contributed by atoms with E-state index in [4.69, 9.17) is 9.47 Å². The Morgan fingerprint density at radius 3 is 2.71 bits per heavy atom. The number of hydrogen-bond acceptors (Lipinski definition) is 5. The number of ether oxygens (including phenoxy) is 2. The number of alkyl halides is 3. The lowest BCUT2D eigenvalue weighted by molar-refractivity contribution is -0.147. The van der Waals surface area contributed by atoms with Crippen molar-refractivity contribution in [3.63, 3.8) is 0 Å². The molecular formula is C26H31F3O5. The van der Waals surface area contributed by atoms with E-state index in [1.54, 1.807) is 6.08 Å². The van der Waals surface area contributed by atoms with Gasteiger partial charge in [-0.25, -0.2) is 0 Å². The van der Waals surface area contributed by atoms with Crippen molar-refractivity contribution < 1.29 is 37.3 Å². The number of aliphatic hydroxyl groups excluding tert-OH is 1. The molecule has 0 bridgehead atoms. The minimum Gasteiger partial charge on any atom is -0.491 e. The fourth-order valence-electron chi connectivity index (χ4n) is 3.43. The van der Waals surface area contributed by atoms with Crippen molar-refractivity contribution in [2.75, 3.05) is 6.61 Å². The number of rotatable bonds is 12. The number of carbonyl (C=O) groups is 2. The van der Waals surface area contributed by atoms with E-state index in [0.29, 0.717) is 19.3 Å². The standard InChI is InChI=1S/C26H31F3O5/c1-18(2)34-25(32)11-6-4-3-5-8-19-12-15-24(31)23(19)14-13-21(30)17-33-22-10-7-9-20(16-22)26(27,28)29/h3,5,7,9-10,12-16,18-19,21,23,30H,4,6,8,11,17H2,1-2H3/b5-3-,14-13+/t19-,21+,23+/m0/s1. The van der Waals surface area contributed by atoms with Gasteiger partial charge in [-0.3, -0.25) is 9.59 Å². The molecule has 0 unspecified atom stereocenters. The summed E-state index contributed by atoms with van der Waals surface area (Å²) in [6.45, 7) is 3.37. The Kier molecular flexibility index (Phi) is 10.6. The molecule has 34 heavy (non-hydrogen) atoms. The van der Waals surface area contributed by atoms with Crippen LogP contribution in [0.15, 0.2) is 60.7 Å². The molecule has 186 valence electrons. The van der Waals surface area contributed by atoms with Gasteiger partial charge in [-0.05, 0) is 63.3 Å². The van der Waals surface area contributed by atoms with E-state index < -0.39 is 23.8 Å². The summed E-state index contributed by atoms with van der Waals surface area (Å²) in [5, 5.41) is 10.1. The van der Waals surface area contributed by atoms with Crippen LogP contribution in [0, 0.1) is 11.8 Å². The van der Waals surface area contributed by atoms with Crippen molar-refractivity contribution in [1.82, 2.24) is 0 Å². The molecule has 1 N–H and O–H groups in total. The van der Waals surface area contributed by atoms with Gasteiger partial charge in [0, 0.05) is 12.3 Å². The normalized spacial score (nSPS) is 19.4. The first kappa shape index (κ1) is 27.4. The molecule has 5 nitrogen and oxygen atoms in total. The van der Waals surface area contributed by atoms with E-state index in [-0.39, 0.29) is 36.1 Å². The van der Waals surface area contributed by atoms with Gasteiger partial charge in [0.25, 0.3) is 0 Å². The van der Waals surface area contributed by atoms with Crippen LogP contribution in [0.4, 0.5) is 13.2 Å². The van der Waals surface area contributed by atoms with E-state index in [1.807, 2.05) is 32.1 Å². The Morgan fingerprint density at radius 1 is 1.24 bits per heavy atom. The van der Waals surface area contributed by atoms with Gasteiger partial charge in [-0.2, -0.15) is 13.2 Å². The molecule has 0 amide bonds. The van der Waals surface area contributed by atoms with Crippen LogP contribution in [0.2, 0.25) is 0 Å². The molecule has 1 aliphatic carbocycles. The van der Waals surface area contributed by atoms with Crippen LogP contribution in [-0.2, 0) is 20.5 Å². The van der Waals surface area contributed by atoms with Crippen molar-refractivity contribution >= 4 is 11.8 Å². The number of allylic oxidation sites excluding steroid dienone is 5. The third kappa shape index (κ3) is 9.55. The second kappa shape index (κ2) is 13.1. The number of benzene rings is 1. The summed E-state index contributed by atoms with van der Waals surface area (Å²) < 4.78 is 48.7. The summed E-state index contributed by atoms with van der Waals surface area (Å²) in [4.78, 5) is 23.7. The summed E-state index contributed by atoms with van der Waals surface area (Å²) in [6, 6.07) is 4.43. The number of aliphatic hydroxyl groups is 1. The van der Waals surface area contributed by atoms with E-state index in [1.165, 1.54) is 24.3 Å².